The Balaban J connectivity index is 2.43. The second kappa shape index (κ2) is 7.81. The van der Waals surface area contributed by atoms with Gasteiger partial charge in [-0.15, -0.1) is 0 Å². The van der Waals surface area contributed by atoms with Crippen LogP contribution in [0.5, 0.6) is 0 Å². The molecule has 1 amide bonds. The zero-order valence-corrected chi connectivity index (χ0v) is 11.4. The third kappa shape index (κ3) is 5.32. The molecule has 6 heteroatoms. The Morgan fingerprint density at radius 3 is 2.47 bits per heavy atom. The fraction of sp³-hybridized carbons (Fsp3) is 0.385. The van der Waals surface area contributed by atoms with E-state index in [9.17, 15) is 9.59 Å². The smallest absolute Gasteiger partial charge is 0.332 e. The molecule has 5 nitrogen and oxygen atoms in total. The van der Waals surface area contributed by atoms with Gasteiger partial charge in [0.05, 0.1) is 0 Å². The quantitative estimate of drug-likeness (QED) is 0.698. The number of carboxylic acid groups (broad SMARTS) is 1. The lowest BCUT2D eigenvalue weighted by Crippen LogP contribution is -2.30. The molecule has 0 aromatic heterocycles. The summed E-state index contributed by atoms with van der Waals surface area (Å²) in [4.78, 5) is 22.1. The molecule has 0 saturated heterocycles. The number of carbonyl (C=O) groups excluding carboxylic acids is 1. The van der Waals surface area contributed by atoms with Crippen molar-refractivity contribution in [2.24, 2.45) is 0 Å². The van der Waals surface area contributed by atoms with E-state index in [1.54, 1.807) is 23.9 Å². The molecule has 1 rings (SSSR count). The number of rotatable bonds is 7. The van der Waals surface area contributed by atoms with Crippen molar-refractivity contribution in [3.63, 3.8) is 0 Å². The topological polar surface area (TPSA) is 86.6 Å². The number of aliphatic hydroxyl groups excluding tert-OH is 1. The predicted octanol–water partition coefficient (Wildman–Crippen LogP) is 1.11. The summed E-state index contributed by atoms with van der Waals surface area (Å²) in [7, 11) is 0. The van der Waals surface area contributed by atoms with Crippen LogP contribution in [0.3, 0.4) is 0 Å². The molecule has 0 radical (unpaired) electrons. The number of hydrogen-bond acceptors (Lipinski definition) is 4. The van der Waals surface area contributed by atoms with Gasteiger partial charge in [-0.1, -0.05) is 12.1 Å². The average molecular weight is 283 g/mol. The van der Waals surface area contributed by atoms with E-state index in [0.717, 1.165) is 11.3 Å². The summed E-state index contributed by atoms with van der Waals surface area (Å²) >= 11 is 1.70. The Bertz CT molecular complexity index is 433. The van der Waals surface area contributed by atoms with Gasteiger partial charge in [0.25, 0.3) is 5.91 Å². The van der Waals surface area contributed by atoms with Gasteiger partial charge in [-0.3, -0.25) is 4.79 Å². The minimum Gasteiger partial charge on any atom is -0.479 e. The Morgan fingerprint density at radius 1 is 1.32 bits per heavy atom. The number of aliphatic hydroxyl groups is 1. The number of aliphatic carboxylic acids is 1. The highest BCUT2D eigenvalue weighted by Gasteiger charge is 2.13. The van der Waals surface area contributed by atoms with Crippen molar-refractivity contribution in [1.29, 1.82) is 0 Å². The number of carboxylic acids is 1. The molecule has 1 unspecified atom stereocenters. The van der Waals surface area contributed by atoms with E-state index in [1.807, 2.05) is 18.4 Å². The fourth-order valence-electron chi connectivity index (χ4n) is 1.47. The Hall–Kier alpha value is -1.53. The van der Waals surface area contributed by atoms with Crippen molar-refractivity contribution >= 4 is 23.6 Å². The molecule has 1 aromatic carbocycles. The first-order valence-corrected chi connectivity index (χ1v) is 7.21. The lowest BCUT2D eigenvalue weighted by Gasteiger charge is -2.07. The molecule has 0 aliphatic carbocycles. The first kappa shape index (κ1) is 15.5. The van der Waals surface area contributed by atoms with Gasteiger partial charge in [-0.2, -0.15) is 11.8 Å². The van der Waals surface area contributed by atoms with Crippen LogP contribution in [0.25, 0.3) is 0 Å². The van der Waals surface area contributed by atoms with Crippen LogP contribution in [0.2, 0.25) is 0 Å². The van der Waals surface area contributed by atoms with E-state index in [2.05, 4.69) is 5.32 Å². The molecule has 1 aromatic rings. The normalized spacial score (nSPS) is 11.9. The highest BCUT2D eigenvalue weighted by molar-refractivity contribution is 7.97. The summed E-state index contributed by atoms with van der Waals surface area (Å²) in [5.74, 6) is -0.656. The molecule has 19 heavy (non-hydrogen) atoms. The molecule has 1 atom stereocenters. The summed E-state index contributed by atoms with van der Waals surface area (Å²) in [6.07, 6.45) is 0.560. The van der Waals surface area contributed by atoms with Crippen molar-refractivity contribution in [2.75, 3.05) is 12.8 Å². The van der Waals surface area contributed by atoms with Crippen LogP contribution in [-0.2, 0) is 10.5 Å². The van der Waals surface area contributed by atoms with Gasteiger partial charge in [0.1, 0.15) is 0 Å². The largest absolute Gasteiger partial charge is 0.479 e. The molecule has 0 fully saturated rings. The summed E-state index contributed by atoms with van der Waals surface area (Å²) in [5.41, 5.74) is 1.67. The first-order chi connectivity index (χ1) is 9.04. The number of carbonyl (C=O) groups is 2. The molecule has 0 bridgehead atoms. The Kier molecular flexibility index (Phi) is 6.38. The number of benzene rings is 1. The third-order valence-corrected chi connectivity index (χ3v) is 3.14. The van der Waals surface area contributed by atoms with E-state index >= 15 is 0 Å². The predicted molar refractivity (Wildman–Crippen MR) is 74.3 cm³/mol. The van der Waals surface area contributed by atoms with Gasteiger partial charge < -0.3 is 15.5 Å². The van der Waals surface area contributed by atoms with Gasteiger partial charge in [0, 0.05) is 24.3 Å². The van der Waals surface area contributed by atoms with Crippen LogP contribution in [-0.4, -0.2) is 41.0 Å². The summed E-state index contributed by atoms with van der Waals surface area (Å²) < 4.78 is 0. The molecule has 104 valence electrons. The van der Waals surface area contributed by atoms with Crippen LogP contribution >= 0.6 is 11.8 Å². The van der Waals surface area contributed by atoms with Gasteiger partial charge in [-0.25, -0.2) is 4.79 Å². The maximum Gasteiger partial charge on any atom is 0.332 e. The van der Waals surface area contributed by atoms with Crippen molar-refractivity contribution in [3.8, 4) is 0 Å². The lowest BCUT2D eigenvalue weighted by atomic mass is 10.1. The van der Waals surface area contributed by atoms with Crippen molar-refractivity contribution in [2.45, 2.75) is 18.3 Å². The highest BCUT2D eigenvalue weighted by atomic mass is 32.2. The zero-order chi connectivity index (χ0) is 14.3. The van der Waals surface area contributed by atoms with E-state index < -0.39 is 12.1 Å². The van der Waals surface area contributed by atoms with Gasteiger partial charge >= 0.3 is 5.97 Å². The van der Waals surface area contributed by atoms with Crippen LogP contribution in [0, 0.1) is 0 Å². The number of amides is 1. The van der Waals surface area contributed by atoms with Gasteiger partial charge in [0.2, 0.25) is 0 Å². The van der Waals surface area contributed by atoms with Crippen LogP contribution < -0.4 is 5.32 Å². The van der Waals surface area contributed by atoms with E-state index in [0.29, 0.717) is 5.56 Å². The van der Waals surface area contributed by atoms with Gasteiger partial charge in [0.15, 0.2) is 6.10 Å². The van der Waals surface area contributed by atoms with Crippen LogP contribution in [0.1, 0.15) is 22.3 Å². The first-order valence-electron chi connectivity index (χ1n) is 5.81. The lowest BCUT2D eigenvalue weighted by molar-refractivity contribution is -0.146. The third-order valence-electron chi connectivity index (χ3n) is 2.52. The summed E-state index contributed by atoms with van der Waals surface area (Å²) in [5, 5.41) is 20.1. The SMILES string of the molecule is CSCc1ccc(C(=O)NCCC(O)C(=O)O)cc1. The van der Waals surface area contributed by atoms with Crippen molar-refractivity contribution in [1.82, 2.24) is 5.32 Å². The highest BCUT2D eigenvalue weighted by Crippen LogP contribution is 2.10. The van der Waals surface area contributed by atoms with Crippen molar-refractivity contribution < 1.29 is 19.8 Å². The number of thioether (sulfide) groups is 1. The minimum atomic E-state index is -1.44. The second-order valence-corrected chi connectivity index (χ2v) is 4.89. The van der Waals surface area contributed by atoms with E-state index in [1.165, 1.54) is 0 Å². The second-order valence-electron chi connectivity index (χ2n) is 4.03. The molecule has 0 spiro atoms. The van der Waals surface area contributed by atoms with Crippen LogP contribution in [0.15, 0.2) is 24.3 Å². The van der Waals surface area contributed by atoms with E-state index in [-0.39, 0.29) is 18.9 Å². The number of nitrogens with one attached hydrogen (secondary N) is 1. The summed E-state index contributed by atoms with van der Waals surface area (Å²) in [6, 6.07) is 7.23. The standard InChI is InChI=1S/C13H17NO4S/c1-19-8-9-2-4-10(5-3-9)12(16)14-7-6-11(15)13(17)18/h2-5,11,15H,6-8H2,1H3,(H,14,16)(H,17,18). The molecule has 0 aliphatic heterocycles. The molecule has 0 heterocycles. The van der Waals surface area contributed by atoms with Gasteiger partial charge in [-0.05, 0) is 24.0 Å². The van der Waals surface area contributed by atoms with Crippen molar-refractivity contribution in [3.05, 3.63) is 35.4 Å². The van der Waals surface area contributed by atoms with Crippen LogP contribution in [0.4, 0.5) is 0 Å². The average Bonchev–Trinajstić information content (AvgIpc) is 2.39. The molecule has 0 saturated carbocycles. The molecule has 3 N–H and O–H groups in total. The monoisotopic (exact) mass is 283 g/mol. The maximum atomic E-state index is 11.7. The number of hydrogen-bond donors (Lipinski definition) is 3. The Labute approximate surface area is 116 Å². The fourth-order valence-corrected chi connectivity index (χ4v) is 1.99. The Morgan fingerprint density at radius 2 is 1.95 bits per heavy atom. The molecular weight excluding hydrogens is 266 g/mol. The summed E-state index contributed by atoms with van der Waals surface area (Å²) in [6.45, 7) is 0.124. The zero-order valence-electron chi connectivity index (χ0n) is 10.6. The van der Waals surface area contributed by atoms with E-state index in [4.69, 9.17) is 10.2 Å². The maximum absolute atomic E-state index is 11.7. The minimum absolute atomic E-state index is 0.00830. The molecular formula is C13H17NO4S. The molecule has 0 aliphatic rings.